The van der Waals surface area contributed by atoms with Gasteiger partial charge in [-0.25, -0.2) is 6.57 Å². The summed E-state index contributed by atoms with van der Waals surface area (Å²) < 4.78 is 4.82. The van der Waals surface area contributed by atoms with Gasteiger partial charge in [-0.05, 0) is 0 Å². The first-order valence-electron chi connectivity index (χ1n) is 3.79. The predicted octanol–water partition coefficient (Wildman–Crippen LogP) is -2.29. The van der Waals surface area contributed by atoms with Gasteiger partial charge in [0, 0.05) is 0 Å². The highest BCUT2D eigenvalue weighted by molar-refractivity contribution is 4.94. The Morgan fingerprint density at radius 1 is 1.15 bits per heavy atom. The van der Waals surface area contributed by atoms with E-state index in [4.69, 9.17) is 16.4 Å². The van der Waals surface area contributed by atoms with E-state index in [2.05, 4.69) is 4.85 Å². The maximum atomic E-state index is 9.22. The van der Waals surface area contributed by atoms with Gasteiger partial charge in [0.2, 0.25) is 0 Å². The Bertz CT molecular complexity index is 213. The fraction of sp³-hybridized carbons (Fsp3) is 0.857. The predicted molar refractivity (Wildman–Crippen MR) is 40.4 cm³/mol. The lowest BCUT2D eigenvalue weighted by molar-refractivity contribution is -0.217. The second-order valence-corrected chi connectivity index (χ2v) is 2.85. The van der Waals surface area contributed by atoms with Crippen LogP contribution in [-0.2, 0) is 4.74 Å². The molecule has 74 valence electrons. The van der Waals surface area contributed by atoms with Gasteiger partial charge in [-0.3, -0.25) is 9.58 Å². The molecule has 0 aromatic heterocycles. The molecule has 0 saturated carbocycles. The first-order chi connectivity index (χ1) is 6.11. The molecule has 6 heteroatoms. The Balaban J connectivity index is 2.73. The Morgan fingerprint density at radius 2 is 1.77 bits per heavy atom. The normalized spacial score (nSPS) is 45.6. The van der Waals surface area contributed by atoms with Crippen LogP contribution in [0.3, 0.4) is 0 Å². The van der Waals surface area contributed by atoms with Crippen molar-refractivity contribution in [1.82, 2.24) is 0 Å². The van der Waals surface area contributed by atoms with E-state index < -0.39 is 37.3 Å². The summed E-state index contributed by atoms with van der Waals surface area (Å²) in [6.45, 7) is 6.11. The largest absolute Gasteiger partial charge is 0.394 e. The highest BCUT2D eigenvalue weighted by Crippen LogP contribution is 2.21. The molecule has 1 aliphatic rings. The van der Waals surface area contributed by atoms with Crippen LogP contribution >= 0.6 is 0 Å². The quantitative estimate of drug-likeness (QED) is 0.348. The summed E-state index contributed by atoms with van der Waals surface area (Å²) >= 11 is 0. The van der Waals surface area contributed by atoms with Gasteiger partial charge in [-0.15, -0.1) is 0 Å². The fourth-order valence-corrected chi connectivity index (χ4v) is 1.19. The smallest absolute Gasteiger partial charge is 0.356 e. The maximum absolute atomic E-state index is 9.22. The highest BCUT2D eigenvalue weighted by Gasteiger charge is 2.46. The molecule has 1 saturated heterocycles. The van der Waals surface area contributed by atoms with E-state index in [0.29, 0.717) is 0 Å². The first kappa shape index (κ1) is 10.4. The second kappa shape index (κ2) is 4.00. The summed E-state index contributed by atoms with van der Waals surface area (Å²) in [6, 6.07) is 0. The average molecular weight is 189 g/mol. The lowest BCUT2D eigenvalue weighted by Crippen LogP contribution is -2.57. The van der Waals surface area contributed by atoms with Crippen molar-refractivity contribution in [3.8, 4) is 0 Å². The SMILES string of the molecule is [C-]#[N+][C@@H]1O[C@H](CO)[C@@H](O)[C@H](O)[C@H]1O. The van der Waals surface area contributed by atoms with Crippen molar-refractivity contribution in [1.29, 1.82) is 0 Å². The molecule has 0 bridgehead atoms. The number of nitrogens with zero attached hydrogens (tertiary/aromatic N) is 1. The zero-order valence-corrected chi connectivity index (χ0v) is 6.74. The summed E-state index contributed by atoms with van der Waals surface area (Å²) in [6.07, 6.45) is -6.49. The van der Waals surface area contributed by atoms with Crippen LogP contribution in [0.2, 0.25) is 0 Å². The van der Waals surface area contributed by atoms with E-state index in [-0.39, 0.29) is 0 Å². The third-order valence-corrected chi connectivity index (χ3v) is 1.99. The van der Waals surface area contributed by atoms with Crippen LogP contribution in [-0.4, -0.2) is 57.7 Å². The lowest BCUT2D eigenvalue weighted by atomic mass is 9.99. The maximum Gasteiger partial charge on any atom is 0.356 e. The molecule has 0 radical (unpaired) electrons. The summed E-state index contributed by atoms with van der Waals surface area (Å²) in [5.41, 5.74) is 0. The van der Waals surface area contributed by atoms with E-state index in [9.17, 15) is 15.3 Å². The van der Waals surface area contributed by atoms with Crippen LogP contribution in [0.1, 0.15) is 0 Å². The molecular weight excluding hydrogens is 178 g/mol. The number of aliphatic hydroxyl groups is 4. The van der Waals surface area contributed by atoms with Gasteiger partial charge in [-0.2, -0.15) is 0 Å². The van der Waals surface area contributed by atoms with E-state index in [1.165, 1.54) is 0 Å². The van der Waals surface area contributed by atoms with Crippen LogP contribution in [0.15, 0.2) is 0 Å². The van der Waals surface area contributed by atoms with Crippen molar-refractivity contribution >= 4 is 0 Å². The molecule has 6 nitrogen and oxygen atoms in total. The Labute approximate surface area is 74.8 Å². The minimum absolute atomic E-state index is 0.503. The minimum atomic E-state index is -1.45. The number of rotatable bonds is 1. The van der Waals surface area contributed by atoms with Crippen LogP contribution in [0, 0.1) is 6.57 Å². The number of hydrogen-bond donors (Lipinski definition) is 4. The third-order valence-electron chi connectivity index (χ3n) is 1.99. The van der Waals surface area contributed by atoms with E-state index in [0.717, 1.165) is 0 Å². The fourth-order valence-electron chi connectivity index (χ4n) is 1.19. The number of ether oxygens (including phenoxy) is 1. The first-order valence-corrected chi connectivity index (χ1v) is 3.79. The number of aliphatic hydroxyl groups excluding tert-OH is 4. The summed E-state index contributed by atoms with van der Waals surface area (Å²) in [5, 5.41) is 36.3. The van der Waals surface area contributed by atoms with Crippen molar-refractivity contribution in [2.75, 3.05) is 6.61 Å². The molecule has 1 rings (SSSR count). The summed E-state index contributed by atoms with van der Waals surface area (Å²) in [7, 11) is 0. The molecule has 0 aliphatic carbocycles. The summed E-state index contributed by atoms with van der Waals surface area (Å²) in [5.74, 6) is 0. The van der Waals surface area contributed by atoms with E-state index in [1.807, 2.05) is 0 Å². The van der Waals surface area contributed by atoms with Crippen molar-refractivity contribution in [3.63, 3.8) is 0 Å². The standard InChI is InChI=1S/C7H11NO5/c1-8-7-6(12)5(11)4(10)3(2-9)13-7/h3-7,9-12H,2H2/t3-,4-,5+,6-,7-/m1/s1. The molecule has 0 unspecified atom stereocenters. The average Bonchev–Trinajstić information content (AvgIpc) is 2.15. The van der Waals surface area contributed by atoms with E-state index >= 15 is 0 Å². The van der Waals surface area contributed by atoms with Gasteiger partial charge >= 0.3 is 6.23 Å². The highest BCUT2D eigenvalue weighted by atomic mass is 16.6. The van der Waals surface area contributed by atoms with Crippen LogP contribution in [0.5, 0.6) is 0 Å². The van der Waals surface area contributed by atoms with Gasteiger partial charge in [0.05, 0.1) is 6.61 Å². The van der Waals surface area contributed by atoms with Gasteiger partial charge in [0.1, 0.15) is 18.3 Å². The Morgan fingerprint density at radius 3 is 2.23 bits per heavy atom. The topological polar surface area (TPSA) is 94.5 Å². The zero-order chi connectivity index (χ0) is 10.0. The van der Waals surface area contributed by atoms with Crippen LogP contribution in [0.25, 0.3) is 4.85 Å². The molecule has 1 fully saturated rings. The molecular formula is C7H11NO5. The van der Waals surface area contributed by atoms with Gasteiger partial charge < -0.3 is 20.4 Å². The van der Waals surface area contributed by atoms with Crippen LogP contribution < -0.4 is 0 Å². The second-order valence-electron chi connectivity index (χ2n) is 2.85. The molecule has 13 heavy (non-hydrogen) atoms. The van der Waals surface area contributed by atoms with Crippen LogP contribution in [0.4, 0.5) is 0 Å². The van der Waals surface area contributed by atoms with Gasteiger partial charge in [0.25, 0.3) is 0 Å². The summed E-state index contributed by atoms with van der Waals surface area (Å²) in [4.78, 5) is 2.91. The third kappa shape index (κ3) is 1.80. The Hall–Kier alpha value is -0.710. The molecule has 1 aliphatic heterocycles. The van der Waals surface area contributed by atoms with Gasteiger partial charge in [0.15, 0.2) is 6.10 Å². The lowest BCUT2D eigenvalue weighted by Gasteiger charge is -2.34. The zero-order valence-electron chi connectivity index (χ0n) is 6.74. The van der Waals surface area contributed by atoms with Crippen molar-refractivity contribution in [2.24, 2.45) is 0 Å². The molecule has 4 N–H and O–H groups in total. The molecule has 0 aromatic rings. The van der Waals surface area contributed by atoms with Crippen molar-refractivity contribution in [3.05, 3.63) is 11.4 Å². The Kier molecular flexibility index (Phi) is 3.19. The van der Waals surface area contributed by atoms with Crippen molar-refractivity contribution in [2.45, 2.75) is 30.6 Å². The van der Waals surface area contributed by atoms with Crippen molar-refractivity contribution < 1.29 is 25.2 Å². The monoisotopic (exact) mass is 189 g/mol. The molecule has 0 aromatic carbocycles. The molecule has 5 atom stereocenters. The molecule has 0 amide bonds. The number of hydrogen-bond acceptors (Lipinski definition) is 5. The van der Waals surface area contributed by atoms with E-state index in [1.54, 1.807) is 0 Å². The minimum Gasteiger partial charge on any atom is -0.394 e. The molecule has 1 heterocycles. The van der Waals surface area contributed by atoms with Gasteiger partial charge in [-0.1, -0.05) is 0 Å². The molecule has 0 spiro atoms.